The molecule has 7 heteroatoms. The van der Waals surface area contributed by atoms with Gasteiger partial charge < -0.3 is 20.3 Å². The Hall–Kier alpha value is -2.31. The van der Waals surface area contributed by atoms with Gasteiger partial charge in [0, 0.05) is 38.7 Å². The number of carbonyl (C=O) groups is 1. The second-order valence-corrected chi connectivity index (χ2v) is 6.26. The molecule has 0 saturated carbocycles. The molecular formula is C18H27FN4O2. The highest BCUT2D eigenvalue weighted by Gasteiger charge is 2.23. The summed E-state index contributed by atoms with van der Waals surface area (Å²) >= 11 is 0. The van der Waals surface area contributed by atoms with E-state index in [0.29, 0.717) is 31.2 Å². The number of amides is 1. The standard InChI is InChI=1S/C18H27FN4O2/c1-4-20-18(22-15-8-9-17(24)23(3)12-15)21-11-13(2)25-16-7-5-6-14(19)10-16/h5-7,10,13,15H,4,8-9,11-12H2,1-3H3,(H2,20,21,22). The van der Waals surface area contributed by atoms with Gasteiger partial charge in [0.15, 0.2) is 5.96 Å². The molecule has 0 aromatic heterocycles. The fourth-order valence-electron chi connectivity index (χ4n) is 2.67. The normalized spacial score (nSPS) is 19.5. The Bertz CT molecular complexity index is 608. The van der Waals surface area contributed by atoms with E-state index in [1.807, 2.05) is 20.9 Å². The Morgan fingerprint density at radius 3 is 3.00 bits per heavy atom. The van der Waals surface area contributed by atoms with Crippen LogP contribution in [0.25, 0.3) is 0 Å². The fourth-order valence-corrected chi connectivity index (χ4v) is 2.67. The van der Waals surface area contributed by atoms with Crippen molar-refractivity contribution >= 4 is 11.9 Å². The summed E-state index contributed by atoms with van der Waals surface area (Å²) in [5.74, 6) is 1.05. The van der Waals surface area contributed by atoms with E-state index >= 15 is 0 Å². The molecule has 2 N–H and O–H groups in total. The van der Waals surface area contributed by atoms with Crippen LogP contribution in [0.1, 0.15) is 26.7 Å². The fraction of sp³-hybridized carbons (Fsp3) is 0.556. The van der Waals surface area contributed by atoms with Gasteiger partial charge in [-0.05, 0) is 32.4 Å². The summed E-state index contributed by atoms with van der Waals surface area (Å²) in [5.41, 5.74) is 0. The number of halogens is 1. The van der Waals surface area contributed by atoms with Gasteiger partial charge in [-0.1, -0.05) is 6.07 Å². The molecule has 2 unspecified atom stereocenters. The van der Waals surface area contributed by atoms with Crippen LogP contribution in [-0.4, -0.2) is 55.6 Å². The number of ether oxygens (including phenoxy) is 1. The summed E-state index contributed by atoms with van der Waals surface area (Å²) in [6.07, 6.45) is 1.16. The van der Waals surface area contributed by atoms with E-state index in [2.05, 4.69) is 15.6 Å². The van der Waals surface area contributed by atoms with E-state index < -0.39 is 0 Å². The first-order valence-electron chi connectivity index (χ1n) is 8.69. The molecule has 1 amide bonds. The highest BCUT2D eigenvalue weighted by molar-refractivity contribution is 5.81. The van der Waals surface area contributed by atoms with Crippen LogP contribution in [0.15, 0.2) is 29.3 Å². The number of likely N-dealkylation sites (N-methyl/N-ethyl adjacent to an activating group) is 1. The second-order valence-electron chi connectivity index (χ2n) is 6.26. The van der Waals surface area contributed by atoms with E-state index in [-0.39, 0.29) is 23.9 Å². The number of rotatable bonds is 6. The molecule has 1 heterocycles. The van der Waals surface area contributed by atoms with Gasteiger partial charge in [-0.25, -0.2) is 9.38 Å². The van der Waals surface area contributed by atoms with E-state index in [0.717, 1.165) is 13.0 Å². The molecule has 0 radical (unpaired) electrons. The van der Waals surface area contributed by atoms with Gasteiger partial charge in [0.05, 0.1) is 6.54 Å². The molecule has 0 spiro atoms. The van der Waals surface area contributed by atoms with Crippen LogP contribution in [-0.2, 0) is 4.79 Å². The minimum Gasteiger partial charge on any atom is -0.489 e. The number of carbonyl (C=O) groups excluding carboxylic acids is 1. The lowest BCUT2D eigenvalue weighted by Crippen LogP contribution is -2.51. The molecule has 0 aliphatic carbocycles. The summed E-state index contributed by atoms with van der Waals surface area (Å²) in [5, 5.41) is 6.57. The van der Waals surface area contributed by atoms with Crippen molar-refractivity contribution in [3.8, 4) is 5.75 Å². The van der Waals surface area contributed by atoms with Crippen molar-refractivity contribution in [2.75, 3.05) is 26.7 Å². The molecule has 1 aliphatic rings. The molecule has 25 heavy (non-hydrogen) atoms. The van der Waals surface area contributed by atoms with Gasteiger partial charge in [0.1, 0.15) is 17.7 Å². The first-order chi connectivity index (χ1) is 12.0. The van der Waals surface area contributed by atoms with Crippen molar-refractivity contribution in [2.45, 2.75) is 38.8 Å². The summed E-state index contributed by atoms with van der Waals surface area (Å²) in [7, 11) is 1.81. The van der Waals surface area contributed by atoms with Crippen molar-refractivity contribution in [1.82, 2.24) is 15.5 Å². The Labute approximate surface area is 148 Å². The minimum atomic E-state index is -0.320. The lowest BCUT2D eigenvalue weighted by molar-refractivity contribution is -0.132. The molecule has 0 bridgehead atoms. The maximum atomic E-state index is 13.2. The number of nitrogens with one attached hydrogen (secondary N) is 2. The Balaban J connectivity index is 1.88. The topological polar surface area (TPSA) is 66.0 Å². The van der Waals surface area contributed by atoms with Crippen LogP contribution in [0.3, 0.4) is 0 Å². The third-order valence-electron chi connectivity index (χ3n) is 3.95. The predicted molar refractivity (Wildman–Crippen MR) is 96.3 cm³/mol. The molecule has 2 atom stereocenters. The number of guanidine groups is 1. The Morgan fingerprint density at radius 1 is 1.52 bits per heavy atom. The molecule has 1 saturated heterocycles. The zero-order valence-corrected chi connectivity index (χ0v) is 15.1. The minimum absolute atomic E-state index is 0.178. The third-order valence-corrected chi connectivity index (χ3v) is 3.95. The number of likely N-dealkylation sites (tertiary alicyclic amines) is 1. The van der Waals surface area contributed by atoms with Crippen LogP contribution in [0.5, 0.6) is 5.75 Å². The predicted octanol–water partition coefficient (Wildman–Crippen LogP) is 1.77. The summed E-state index contributed by atoms with van der Waals surface area (Å²) in [6, 6.07) is 6.27. The van der Waals surface area contributed by atoms with Crippen LogP contribution in [0.4, 0.5) is 4.39 Å². The van der Waals surface area contributed by atoms with E-state index in [9.17, 15) is 9.18 Å². The SMILES string of the molecule is CCNC(=NCC(C)Oc1cccc(F)c1)NC1CCC(=O)N(C)C1. The number of nitrogens with zero attached hydrogens (tertiary/aromatic N) is 2. The molecule has 1 aliphatic heterocycles. The molecule has 2 rings (SSSR count). The number of benzene rings is 1. The zero-order chi connectivity index (χ0) is 18.2. The monoisotopic (exact) mass is 350 g/mol. The van der Waals surface area contributed by atoms with Crippen LogP contribution in [0, 0.1) is 5.82 Å². The van der Waals surface area contributed by atoms with Crippen LogP contribution >= 0.6 is 0 Å². The van der Waals surface area contributed by atoms with E-state index in [4.69, 9.17) is 4.74 Å². The molecule has 1 aromatic carbocycles. The third kappa shape index (κ3) is 6.25. The van der Waals surface area contributed by atoms with Gasteiger partial charge >= 0.3 is 0 Å². The smallest absolute Gasteiger partial charge is 0.222 e. The van der Waals surface area contributed by atoms with Gasteiger partial charge in [0.25, 0.3) is 0 Å². The van der Waals surface area contributed by atoms with Crippen molar-refractivity contribution < 1.29 is 13.9 Å². The summed E-state index contributed by atoms with van der Waals surface area (Å²) in [4.78, 5) is 17.9. The molecule has 1 aromatic rings. The average Bonchev–Trinajstić information content (AvgIpc) is 2.56. The lowest BCUT2D eigenvalue weighted by Gasteiger charge is -2.31. The second kappa shape index (κ2) is 9.25. The number of hydrogen-bond acceptors (Lipinski definition) is 3. The molecular weight excluding hydrogens is 323 g/mol. The van der Waals surface area contributed by atoms with Crippen LogP contribution < -0.4 is 15.4 Å². The highest BCUT2D eigenvalue weighted by Crippen LogP contribution is 2.14. The van der Waals surface area contributed by atoms with Gasteiger partial charge in [-0.15, -0.1) is 0 Å². The molecule has 138 valence electrons. The average molecular weight is 350 g/mol. The number of aliphatic imine (C=N–C) groups is 1. The first-order valence-corrected chi connectivity index (χ1v) is 8.69. The summed E-state index contributed by atoms with van der Waals surface area (Å²) in [6.45, 7) is 5.74. The maximum Gasteiger partial charge on any atom is 0.222 e. The van der Waals surface area contributed by atoms with Crippen molar-refractivity contribution in [1.29, 1.82) is 0 Å². The van der Waals surface area contributed by atoms with Crippen molar-refractivity contribution in [2.24, 2.45) is 4.99 Å². The summed E-state index contributed by atoms with van der Waals surface area (Å²) < 4.78 is 18.9. The quantitative estimate of drug-likeness (QED) is 0.606. The zero-order valence-electron chi connectivity index (χ0n) is 15.1. The van der Waals surface area contributed by atoms with Crippen molar-refractivity contribution in [3.05, 3.63) is 30.1 Å². The molecule has 1 fully saturated rings. The largest absolute Gasteiger partial charge is 0.489 e. The van der Waals surface area contributed by atoms with Gasteiger partial charge in [-0.2, -0.15) is 0 Å². The number of hydrogen-bond donors (Lipinski definition) is 2. The van der Waals surface area contributed by atoms with Gasteiger partial charge in [-0.3, -0.25) is 4.79 Å². The van der Waals surface area contributed by atoms with E-state index in [1.165, 1.54) is 12.1 Å². The maximum absolute atomic E-state index is 13.2. The van der Waals surface area contributed by atoms with Crippen LogP contribution in [0.2, 0.25) is 0 Å². The number of piperidine rings is 1. The Kier molecular flexibility index (Phi) is 7.03. The first kappa shape index (κ1) is 19.0. The van der Waals surface area contributed by atoms with E-state index in [1.54, 1.807) is 17.0 Å². The van der Waals surface area contributed by atoms with Crippen molar-refractivity contribution in [3.63, 3.8) is 0 Å². The van der Waals surface area contributed by atoms with Gasteiger partial charge in [0.2, 0.25) is 5.91 Å². The highest BCUT2D eigenvalue weighted by atomic mass is 19.1. The lowest BCUT2D eigenvalue weighted by atomic mass is 10.1. The Morgan fingerprint density at radius 2 is 2.32 bits per heavy atom. The molecule has 6 nitrogen and oxygen atoms in total.